The number of benzene rings is 1. The molecule has 0 bridgehead atoms. The highest BCUT2D eigenvalue weighted by molar-refractivity contribution is 5.76. The van der Waals surface area contributed by atoms with Crippen molar-refractivity contribution in [2.75, 3.05) is 13.2 Å². The molecule has 1 amide bonds. The number of ether oxygens (including phenoxy) is 1. The zero-order chi connectivity index (χ0) is 14.4. The zero-order valence-corrected chi connectivity index (χ0v) is 12.2. The van der Waals surface area contributed by atoms with Crippen LogP contribution in [0.5, 0.6) is 5.75 Å². The van der Waals surface area contributed by atoms with Gasteiger partial charge in [-0.05, 0) is 25.3 Å². The summed E-state index contributed by atoms with van der Waals surface area (Å²) in [7, 11) is 0. The Labute approximate surface area is 121 Å². The van der Waals surface area contributed by atoms with E-state index in [2.05, 4.69) is 18.0 Å². The highest BCUT2D eigenvalue weighted by Crippen LogP contribution is 2.50. The van der Waals surface area contributed by atoms with Gasteiger partial charge in [-0.1, -0.05) is 37.8 Å². The summed E-state index contributed by atoms with van der Waals surface area (Å²) in [4.78, 5) is 11.7. The molecule has 0 atom stereocenters. The van der Waals surface area contributed by atoms with Gasteiger partial charge in [0.25, 0.3) is 0 Å². The lowest BCUT2D eigenvalue weighted by molar-refractivity contribution is -0.121. The summed E-state index contributed by atoms with van der Waals surface area (Å²) in [5, 5.41) is 3.05. The lowest BCUT2D eigenvalue weighted by Gasteiger charge is -2.20. The molecule has 1 saturated carbocycles. The third kappa shape index (κ3) is 3.41. The van der Waals surface area contributed by atoms with Gasteiger partial charge in [0, 0.05) is 23.9 Å². The van der Waals surface area contributed by atoms with Gasteiger partial charge in [0.15, 0.2) is 0 Å². The lowest BCUT2D eigenvalue weighted by Crippen LogP contribution is -2.32. The predicted molar refractivity (Wildman–Crippen MR) is 81.0 cm³/mol. The predicted octanol–water partition coefficient (Wildman–Crippen LogP) is 3.20. The van der Waals surface area contributed by atoms with Gasteiger partial charge in [-0.3, -0.25) is 4.79 Å². The van der Waals surface area contributed by atoms with Gasteiger partial charge in [0.05, 0.1) is 0 Å². The molecule has 1 aromatic carbocycles. The first-order valence-electron chi connectivity index (χ1n) is 7.32. The number of amides is 1. The Hall–Kier alpha value is -1.77. The lowest BCUT2D eigenvalue weighted by atomic mass is 9.94. The summed E-state index contributed by atoms with van der Waals surface area (Å²) in [6, 6.07) is 8.11. The van der Waals surface area contributed by atoms with Crippen LogP contribution in [-0.2, 0) is 10.2 Å². The Morgan fingerprint density at radius 1 is 1.45 bits per heavy atom. The minimum Gasteiger partial charge on any atom is -0.489 e. The van der Waals surface area contributed by atoms with Gasteiger partial charge in [-0.25, -0.2) is 0 Å². The quantitative estimate of drug-likeness (QED) is 0.739. The SMILES string of the molecule is C=CCOc1ccccc1C1(CNC(=O)CCC)CC1. The molecule has 3 heteroatoms. The molecule has 1 aliphatic rings. The minimum absolute atomic E-state index is 0.0706. The van der Waals surface area contributed by atoms with E-state index in [9.17, 15) is 4.79 Å². The fraction of sp³-hybridized carbons (Fsp3) is 0.471. The Balaban J connectivity index is 2.06. The van der Waals surface area contributed by atoms with Crippen molar-refractivity contribution in [1.82, 2.24) is 5.32 Å². The van der Waals surface area contributed by atoms with E-state index >= 15 is 0 Å². The number of rotatable bonds is 8. The van der Waals surface area contributed by atoms with Crippen molar-refractivity contribution in [2.45, 2.75) is 38.0 Å². The third-order valence-electron chi connectivity index (χ3n) is 3.77. The van der Waals surface area contributed by atoms with Gasteiger partial charge in [0.1, 0.15) is 12.4 Å². The molecular formula is C17H23NO2. The summed E-state index contributed by atoms with van der Waals surface area (Å²) < 4.78 is 5.74. The average Bonchev–Trinajstić information content (AvgIpc) is 3.25. The van der Waals surface area contributed by atoms with E-state index in [-0.39, 0.29) is 11.3 Å². The molecule has 1 fully saturated rings. The minimum atomic E-state index is 0.0706. The van der Waals surface area contributed by atoms with Gasteiger partial charge in [0.2, 0.25) is 5.91 Å². The maximum atomic E-state index is 11.7. The summed E-state index contributed by atoms with van der Waals surface area (Å²) >= 11 is 0. The van der Waals surface area contributed by atoms with Crippen LogP contribution in [0.3, 0.4) is 0 Å². The molecule has 0 aromatic heterocycles. The second kappa shape index (κ2) is 6.60. The Bertz CT molecular complexity index is 478. The monoisotopic (exact) mass is 273 g/mol. The highest BCUT2D eigenvalue weighted by atomic mass is 16.5. The molecule has 108 valence electrons. The van der Waals surface area contributed by atoms with Crippen LogP contribution in [0.4, 0.5) is 0 Å². The number of carbonyl (C=O) groups excluding carboxylic acids is 1. The number of hydrogen-bond acceptors (Lipinski definition) is 2. The highest BCUT2D eigenvalue weighted by Gasteiger charge is 2.46. The molecule has 0 heterocycles. The number of para-hydroxylation sites is 1. The van der Waals surface area contributed by atoms with E-state index in [4.69, 9.17) is 4.74 Å². The average molecular weight is 273 g/mol. The normalized spacial score (nSPS) is 15.4. The molecule has 1 N–H and O–H groups in total. The molecule has 1 aliphatic carbocycles. The van der Waals surface area contributed by atoms with Crippen molar-refractivity contribution in [3.8, 4) is 5.75 Å². The fourth-order valence-electron chi connectivity index (χ4n) is 2.45. The zero-order valence-electron chi connectivity index (χ0n) is 12.2. The van der Waals surface area contributed by atoms with Crippen LogP contribution in [0.25, 0.3) is 0 Å². The molecule has 0 saturated heterocycles. The van der Waals surface area contributed by atoms with Crippen molar-refractivity contribution in [3.05, 3.63) is 42.5 Å². The Morgan fingerprint density at radius 2 is 2.20 bits per heavy atom. The standard InChI is InChI=1S/C17H23NO2/c1-3-7-16(19)18-13-17(10-11-17)14-8-5-6-9-15(14)20-12-4-2/h4-6,8-9H,2-3,7,10-13H2,1H3,(H,18,19). The third-order valence-corrected chi connectivity index (χ3v) is 3.77. The maximum Gasteiger partial charge on any atom is 0.220 e. The summed E-state index contributed by atoms with van der Waals surface area (Å²) in [6.45, 7) is 6.92. The summed E-state index contributed by atoms with van der Waals surface area (Å²) in [6.07, 6.45) is 5.45. The first kappa shape index (κ1) is 14.6. The Morgan fingerprint density at radius 3 is 2.85 bits per heavy atom. The first-order chi connectivity index (χ1) is 9.72. The van der Waals surface area contributed by atoms with Crippen LogP contribution < -0.4 is 10.1 Å². The first-order valence-corrected chi connectivity index (χ1v) is 7.32. The van der Waals surface area contributed by atoms with Gasteiger partial charge in [-0.2, -0.15) is 0 Å². The molecule has 0 spiro atoms. The molecular weight excluding hydrogens is 250 g/mol. The van der Waals surface area contributed by atoms with E-state index in [0.717, 1.165) is 25.0 Å². The molecule has 0 radical (unpaired) electrons. The molecule has 20 heavy (non-hydrogen) atoms. The van der Waals surface area contributed by atoms with Gasteiger partial charge in [-0.15, -0.1) is 0 Å². The number of carbonyl (C=O) groups is 1. The summed E-state index contributed by atoms with van der Waals surface area (Å²) in [5.74, 6) is 1.05. The van der Waals surface area contributed by atoms with E-state index in [1.807, 2.05) is 25.1 Å². The largest absolute Gasteiger partial charge is 0.489 e. The maximum absolute atomic E-state index is 11.7. The molecule has 0 unspecified atom stereocenters. The van der Waals surface area contributed by atoms with Crippen molar-refractivity contribution in [2.24, 2.45) is 0 Å². The molecule has 0 aliphatic heterocycles. The molecule has 3 nitrogen and oxygen atoms in total. The smallest absolute Gasteiger partial charge is 0.220 e. The Kier molecular flexibility index (Phi) is 4.83. The van der Waals surface area contributed by atoms with E-state index < -0.39 is 0 Å². The molecule has 2 rings (SSSR count). The number of nitrogens with one attached hydrogen (secondary N) is 1. The molecule has 1 aromatic rings. The fourth-order valence-corrected chi connectivity index (χ4v) is 2.45. The van der Waals surface area contributed by atoms with Crippen LogP contribution >= 0.6 is 0 Å². The van der Waals surface area contributed by atoms with Crippen LogP contribution in [0.15, 0.2) is 36.9 Å². The van der Waals surface area contributed by atoms with Crippen LogP contribution in [0.2, 0.25) is 0 Å². The van der Waals surface area contributed by atoms with Crippen molar-refractivity contribution in [3.63, 3.8) is 0 Å². The second-order valence-electron chi connectivity index (χ2n) is 5.40. The second-order valence-corrected chi connectivity index (χ2v) is 5.40. The van der Waals surface area contributed by atoms with E-state index in [0.29, 0.717) is 19.6 Å². The van der Waals surface area contributed by atoms with Crippen LogP contribution in [-0.4, -0.2) is 19.1 Å². The van der Waals surface area contributed by atoms with Gasteiger partial charge < -0.3 is 10.1 Å². The van der Waals surface area contributed by atoms with Crippen LogP contribution in [0, 0.1) is 0 Å². The van der Waals surface area contributed by atoms with Crippen molar-refractivity contribution < 1.29 is 9.53 Å². The van der Waals surface area contributed by atoms with Crippen LogP contribution in [0.1, 0.15) is 38.2 Å². The summed E-state index contributed by atoms with van der Waals surface area (Å²) in [5.41, 5.74) is 1.28. The number of hydrogen-bond donors (Lipinski definition) is 1. The van der Waals surface area contributed by atoms with E-state index in [1.165, 1.54) is 5.56 Å². The van der Waals surface area contributed by atoms with Gasteiger partial charge >= 0.3 is 0 Å². The topological polar surface area (TPSA) is 38.3 Å². The van der Waals surface area contributed by atoms with Crippen molar-refractivity contribution in [1.29, 1.82) is 0 Å². The van der Waals surface area contributed by atoms with E-state index in [1.54, 1.807) is 6.08 Å². The van der Waals surface area contributed by atoms with Crippen molar-refractivity contribution >= 4 is 5.91 Å².